The highest BCUT2D eigenvalue weighted by atomic mass is 19.4. The van der Waals surface area contributed by atoms with Crippen LogP contribution in [-0.4, -0.2) is 18.7 Å². The first-order valence-electron chi connectivity index (χ1n) is 7.59. The number of alkyl halides is 3. The second-order valence-corrected chi connectivity index (χ2v) is 5.76. The summed E-state index contributed by atoms with van der Waals surface area (Å²) in [6.07, 6.45) is -4.40. The summed E-state index contributed by atoms with van der Waals surface area (Å²) in [5.74, 6) is -0.301. The molecule has 0 heterocycles. The van der Waals surface area contributed by atoms with Crippen molar-refractivity contribution in [2.24, 2.45) is 5.73 Å². The first-order valence-corrected chi connectivity index (χ1v) is 7.59. The van der Waals surface area contributed by atoms with E-state index in [0.717, 1.165) is 5.56 Å². The lowest BCUT2D eigenvalue weighted by Crippen LogP contribution is -2.27. The molecule has 2 rings (SSSR count). The molecule has 0 radical (unpaired) electrons. The third-order valence-electron chi connectivity index (χ3n) is 3.55. The summed E-state index contributed by atoms with van der Waals surface area (Å²) in [6, 6.07) is 10.8. The molecule has 3 N–H and O–H groups in total. The van der Waals surface area contributed by atoms with Crippen molar-refractivity contribution in [1.29, 1.82) is 0 Å². The van der Waals surface area contributed by atoms with Crippen molar-refractivity contribution in [3.05, 3.63) is 59.2 Å². The van der Waals surface area contributed by atoms with Gasteiger partial charge in [0, 0.05) is 5.69 Å². The van der Waals surface area contributed by atoms with E-state index in [0.29, 0.717) is 16.8 Å². The number of anilines is 1. The van der Waals surface area contributed by atoms with Crippen LogP contribution in [0.2, 0.25) is 0 Å². The molecule has 1 atom stereocenters. The van der Waals surface area contributed by atoms with Crippen LogP contribution < -0.4 is 15.8 Å². The first-order chi connectivity index (χ1) is 11.7. The Morgan fingerprint density at radius 3 is 2.36 bits per heavy atom. The van der Waals surface area contributed by atoms with E-state index in [1.807, 2.05) is 19.1 Å². The Kier molecular flexibility index (Phi) is 5.69. The SMILES string of the molecule is Cc1ccc(C(N)C(=O)Nc2ccc(OCC(F)(F)F)c(C)c2)cc1. The van der Waals surface area contributed by atoms with Crippen molar-refractivity contribution < 1.29 is 22.7 Å². The zero-order valence-corrected chi connectivity index (χ0v) is 13.9. The van der Waals surface area contributed by atoms with Gasteiger partial charge in [-0.2, -0.15) is 13.2 Å². The lowest BCUT2D eigenvalue weighted by Gasteiger charge is -2.15. The fourth-order valence-electron chi connectivity index (χ4n) is 2.19. The average molecular weight is 352 g/mol. The van der Waals surface area contributed by atoms with E-state index in [2.05, 4.69) is 5.32 Å². The highest BCUT2D eigenvalue weighted by molar-refractivity contribution is 5.95. The van der Waals surface area contributed by atoms with E-state index in [4.69, 9.17) is 10.5 Å². The summed E-state index contributed by atoms with van der Waals surface area (Å²) in [7, 11) is 0. The number of benzene rings is 2. The molecular formula is C18H19F3N2O2. The quantitative estimate of drug-likeness (QED) is 0.858. The van der Waals surface area contributed by atoms with Gasteiger partial charge in [-0.05, 0) is 43.2 Å². The molecule has 2 aromatic rings. The third kappa shape index (κ3) is 5.49. The van der Waals surface area contributed by atoms with Crippen LogP contribution in [0.25, 0.3) is 0 Å². The third-order valence-corrected chi connectivity index (χ3v) is 3.55. The topological polar surface area (TPSA) is 64.4 Å². The maximum Gasteiger partial charge on any atom is 0.422 e. The number of halogens is 3. The number of nitrogens with one attached hydrogen (secondary N) is 1. The van der Waals surface area contributed by atoms with Gasteiger partial charge in [0.2, 0.25) is 5.91 Å². The second-order valence-electron chi connectivity index (χ2n) is 5.76. The lowest BCUT2D eigenvalue weighted by atomic mass is 10.1. The monoisotopic (exact) mass is 352 g/mol. The smallest absolute Gasteiger partial charge is 0.422 e. The lowest BCUT2D eigenvalue weighted by molar-refractivity contribution is -0.153. The molecule has 1 amide bonds. The summed E-state index contributed by atoms with van der Waals surface area (Å²) >= 11 is 0. The standard InChI is InChI=1S/C18H19F3N2O2/c1-11-3-5-13(6-4-11)16(22)17(24)23-14-7-8-15(12(2)9-14)25-10-18(19,20)21/h3-9,16H,10,22H2,1-2H3,(H,23,24). The molecule has 0 saturated heterocycles. The summed E-state index contributed by atoms with van der Waals surface area (Å²) in [4.78, 5) is 12.2. The van der Waals surface area contributed by atoms with Gasteiger partial charge in [0.1, 0.15) is 11.8 Å². The fourth-order valence-corrected chi connectivity index (χ4v) is 2.19. The molecule has 134 valence electrons. The van der Waals surface area contributed by atoms with Crippen molar-refractivity contribution in [1.82, 2.24) is 0 Å². The molecule has 0 fully saturated rings. The van der Waals surface area contributed by atoms with E-state index < -0.39 is 24.7 Å². The van der Waals surface area contributed by atoms with Crippen LogP contribution in [0.3, 0.4) is 0 Å². The predicted molar refractivity (Wildman–Crippen MR) is 89.5 cm³/mol. The highest BCUT2D eigenvalue weighted by Gasteiger charge is 2.28. The first kappa shape index (κ1) is 18.8. The number of carbonyl (C=O) groups excluding carboxylic acids is 1. The van der Waals surface area contributed by atoms with Gasteiger partial charge in [0.25, 0.3) is 0 Å². The number of amides is 1. The van der Waals surface area contributed by atoms with Crippen LogP contribution in [0.5, 0.6) is 5.75 Å². The number of ether oxygens (including phenoxy) is 1. The Labute approximate surface area is 143 Å². The Morgan fingerprint density at radius 2 is 1.80 bits per heavy atom. The van der Waals surface area contributed by atoms with Crippen LogP contribution >= 0.6 is 0 Å². The predicted octanol–water partition coefficient (Wildman–Crippen LogP) is 3.88. The van der Waals surface area contributed by atoms with Crippen molar-refractivity contribution in [3.63, 3.8) is 0 Å². The summed E-state index contributed by atoms with van der Waals surface area (Å²) in [5.41, 5.74) is 8.58. The zero-order valence-electron chi connectivity index (χ0n) is 13.9. The molecule has 0 spiro atoms. The Morgan fingerprint density at radius 1 is 1.16 bits per heavy atom. The van der Waals surface area contributed by atoms with Crippen molar-refractivity contribution >= 4 is 11.6 Å². The van der Waals surface area contributed by atoms with E-state index in [-0.39, 0.29) is 5.75 Å². The molecule has 0 bridgehead atoms. The minimum Gasteiger partial charge on any atom is -0.484 e. The number of hydrogen-bond acceptors (Lipinski definition) is 3. The zero-order chi connectivity index (χ0) is 18.6. The van der Waals surface area contributed by atoms with Gasteiger partial charge in [0.15, 0.2) is 6.61 Å². The van der Waals surface area contributed by atoms with Crippen molar-refractivity contribution in [2.45, 2.75) is 26.1 Å². The van der Waals surface area contributed by atoms with Crippen LogP contribution in [0.15, 0.2) is 42.5 Å². The number of nitrogens with two attached hydrogens (primary N) is 1. The second kappa shape index (κ2) is 7.57. The molecule has 0 aromatic heterocycles. The van der Waals surface area contributed by atoms with Gasteiger partial charge < -0.3 is 15.8 Å². The molecule has 0 aliphatic rings. The normalized spacial score (nSPS) is 12.6. The maximum atomic E-state index is 12.2. The van der Waals surface area contributed by atoms with Crippen molar-refractivity contribution in [3.8, 4) is 5.75 Å². The van der Waals surface area contributed by atoms with Crippen LogP contribution in [-0.2, 0) is 4.79 Å². The molecule has 0 aliphatic carbocycles. The molecule has 25 heavy (non-hydrogen) atoms. The number of aryl methyl sites for hydroxylation is 2. The van der Waals surface area contributed by atoms with E-state index in [1.54, 1.807) is 19.1 Å². The number of rotatable bonds is 5. The van der Waals surface area contributed by atoms with Gasteiger partial charge in [-0.25, -0.2) is 0 Å². The van der Waals surface area contributed by atoms with Gasteiger partial charge in [-0.3, -0.25) is 4.79 Å². The minimum absolute atomic E-state index is 0.109. The molecule has 4 nitrogen and oxygen atoms in total. The molecule has 0 saturated carbocycles. The van der Waals surface area contributed by atoms with Crippen LogP contribution in [0.1, 0.15) is 22.7 Å². The van der Waals surface area contributed by atoms with Gasteiger partial charge in [-0.15, -0.1) is 0 Å². The minimum atomic E-state index is -4.40. The molecule has 7 heteroatoms. The Hall–Kier alpha value is -2.54. The van der Waals surface area contributed by atoms with E-state index in [9.17, 15) is 18.0 Å². The number of hydrogen-bond donors (Lipinski definition) is 2. The average Bonchev–Trinajstić information content (AvgIpc) is 2.53. The highest BCUT2D eigenvalue weighted by Crippen LogP contribution is 2.25. The summed E-state index contributed by atoms with van der Waals surface area (Å²) < 4.78 is 41.3. The van der Waals surface area contributed by atoms with Crippen molar-refractivity contribution in [2.75, 3.05) is 11.9 Å². The summed E-state index contributed by atoms with van der Waals surface area (Å²) in [6.45, 7) is 2.17. The maximum absolute atomic E-state index is 12.2. The molecular weight excluding hydrogens is 333 g/mol. The van der Waals surface area contributed by atoms with Gasteiger partial charge >= 0.3 is 6.18 Å². The van der Waals surface area contributed by atoms with Gasteiger partial charge in [-0.1, -0.05) is 29.8 Å². The molecule has 2 aromatic carbocycles. The van der Waals surface area contributed by atoms with Crippen LogP contribution in [0, 0.1) is 13.8 Å². The molecule has 1 unspecified atom stereocenters. The van der Waals surface area contributed by atoms with Gasteiger partial charge in [0.05, 0.1) is 0 Å². The largest absolute Gasteiger partial charge is 0.484 e. The fraction of sp³-hybridized carbons (Fsp3) is 0.278. The number of carbonyl (C=O) groups is 1. The van der Waals surface area contributed by atoms with Crippen LogP contribution in [0.4, 0.5) is 18.9 Å². The summed E-state index contributed by atoms with van der Waals surface area (Å²) in [5, 5.41) is 2.65. The Balaban J connectivity index is 2.03. The van der Waals surface area contributed by atoms with E-state index >= 15 is 0 Å². The molecule has 0 aliphatic heterocycles. The Bertz CT molecular complexity index is 743. The van der Waals surface area contributed by atoms with E-state index in [1.165, 1.54) is 18.2 Å².